The summed E-state index contributed by atoms with van der Waals surface area (Å²) < 4.78 is 33.9. The normalized spacial score (nSPS) is 14.9. The Labute approximate surface area is 231 Å². The molecule has 202 valence electrons. The van der Waals surface area contributed by atoms with Crippen molar-refractivity contribution in [3.8, 4) is 11.4 Å². The summed E-state index contributed by atoms with van der Waals surface area (Å²) in [6, 6.07) is 22.5. The first-order valence-electron chi connectivity index (χ1n) is 12.5. The molecule has 1 amide bonds. The third-order valence-electron chi connectivity index (χ3n) is 6.51. The summed E-state index contributed by atoms with van der Waals surface area (Å²) >= 11 is 1.68. The van der Waals surface area contributed by atoms with Gasteiger partial charge in [0.25, 0.3) is 10.0 Å². The van der Waals surface area contributed by atoms with Crippen LogP contribution in [0.5, 0.6) is 0 Å². The molecular formula is C28H29N5O4S2. The van der Waals surface area contributed by atoms with Crippen LogP contribution in [0.15, 0.2) is 88.3 Å². The Morgan fingerprint density at radius 1 is 1.05 bits per heavy atom. The van der Waals surface area contributed by atoms with E-state index in [9.17, 15) is 13.2 Å². The van der Waals surface area contributed by atoms with Gasteiger partial charge >= 0.3 is 0 Å². The minimum absolute atomic E-state index is 0.0605. The number of benzene rings is 3. The molecule has 4 aromatic rings. The van der Waals surface area contributed by atoms with E-state index in [4.69, 9.17) is 10.3 Å². The third kappa shape index (κ3) is 6.67. The number of carbonyl (C=O) groups is 1. The molecule has 0 bridgehead atoms. The third-order valence-corrected chi connectivity index (χ3v) is 9.04. The summed E-state index contributed by atoms with van der Waals surface area (Å²) in [7, 11) is -3.86. The van der Waals surface area contributed by atoms with Gasteiger partial charge in [0.05, 0.1) is 16.6 Å². The van der Waals surface area contributed by atoms with Crippen LogP contribution in [0.25, 0.3) is 11.4 Å². The van der Waals surface area contributed by atoms with E-state index in [2.05, 4.69) is 32.3 Å². The van der Waals surface area contributed by atoms with E-state index in [1.807, 2.05) is 25.1 Å². The van der Waals surface area contributed by atoms with Crippen LogP contribution >= 0.6 is 11.8 Å². The van der Waals surface area contributed by atoms with Gasteiger partial charge in [0.2, 0.25) is 17.6 Å². The molecule has 1 aliphatic carbocycles. The molecule has 1 heterocycles. The van der Waals surface area contributed by atoms with Crippen LogP contribution in [0.2, 0.25) is 0 Å². The zero-order valence-electron chi connectivity index (χ0n) is 21.3. The number of aromatic nitrogens is 2. The Morgan fingerprint density at radius 3 is 2.49 bits per heavy atom. The molecule has 1 aromatic heterocycles. The summed E-state index contributed by atoms with van der Waals surface area (Å²) in [4.78, 5) is 16.8. The fraction of sp³-hybridized carbons (Fsp3) is 0.250. The Morgan fingerprint density at radius 2 is 1.77 bits per heavy atom. The van der Waals surface area contributed by atoms with Gasteiger partial charge in [0.15, 0.2) is 0 Å². The number of rotatable bonds is 11. The monoisotopic (exact) mass is 563 g/mol. The first-order valence-corrected chi connectivity index (χ1v) is 15.1. The standard InChI is InChI=1S/C28H29N5O4S2/c1-28(14-15-28)27(34)30-21-8-5-9-22(16-21)33-39(35,36)23-12-10-20(11-13-23)25-31-26(37-32-25)24(29)18-38-17-19-6-3-2-4-7-19/h2-13,16,24,33H,14-15,17-18,29H2,1H3,(H,30,34). The molecule has 39 heavy (non-hydrogen) atoms. The van der Waals surface area contributed by atoms with Crippen molar-refractivity contribution >= 4 is 39.1 Å². The summed E-state index contributed by atoms with van der Waals surface area (Å²) in [6.45, 7) is 1.91. The van der Waals surface area contributed by atoms with Crippen molar-refractivity contribution in [2.75, 3.05) is 15.8 Å². The van der Waals surface area contributed by atoms with Gasteiger partial charge < -0.3 is 15.6 Å². The number of carbonyl (C=O) groups excluding carboxylic acids is 1. The first-order chi connectivity index (χ1) is 18.7. The van der Waals surface area contributed by atoms with Gasteiger partial charge in [-0.3, -0.25) is 9.52 Å². The van der Waals surface area contributed by atoms with Crippen molar-refractivity contribution in [1.82, 2.24) is 10.1 Å². The number of sulfonamides is 1. The van der Waals surface area contributed by atoms with E-state index in [0.29, 0.717) is 34.4 Å². The van der Waals surface area contributed by atoms with E-state index in [0.717, 1.165) is 18.6 Å². The summed E-state index contributed by atoms with van der Waals surface area (Å²) in [5.41, 5.74) is 8.61. The molecule has 0 aliphatic heterocycles. The minimum atomic E-state index is -3.86. The van der Waals surface area contributed by atoms with Crippen LogP contribution in [0.1, 0.15) is 37.3 Å². The molecule has 1 atom stereocenters. The van der Waals surface area contributed by atoms with Crippen molar-refractivity contribution in [2.45, 2.75) is 36.5 Å². The molecule has 1 saturated carbocycles. The van der Waals surface area contributed by atoms with Crippen LogP contribution in [-0.4, -0.2) is 30.2 Å². The molecule has 11 heteroatoms. The van der Waals surface area contributed by atoms with Gasteiger partial charge in [-0.15, -0.1) is 0 Å². The highest BCUT2D eigenvalue weighted by atomic mass is 32.2. The highest BCUT2D eigenvalue weighted by Crippen LogP contribution is 2.45. The number of amides is 1. The molecule has 1 fully saturated rings. The lowest BCUT2D eigenvalue weighted by molar-refractivity contribution is -0.120. The predicted octanol–water partition coefficient (Wildman–Crippen LogP) is 5.21. The largest absolute Gasteiger partial charge is 0.337 e. The summed E-state index contributed by atoms with van der Waals surface area (Å²) in [5.74, 6) is 2.04. The zero-order chi connectivity index (χ0) is 27.5. The number of anilines is 2. The molecule has 3 aromatic carbocycles. The van der Waals surface area contributed by atoms with Gasteiger partial charge in [-0.2, -0.15) is 16.7 Å². The number of thioether (sulfide) groups is 1. The number of nitrogens with two attached hydrogens (primary N) is 1. The fourth-order valence-electron chi connectivity index (χ4n) is 3.81. The maximum Gasteiger partial charge on any atom is 0.261 e. The van der Waals surface area contributed by atoms with Crippen molar-refractivity contribution in [1.29, 1.82) is 0 Å². The van der Waals surface area contributed by atoms with E-state index in [1.54, 1.807) is 48.2 Å². The van der Waals surface area contributed by atoms with Crippen LogP contribution in [-0.2, 0) is 20.6 Å². The number of hydrogen-bond donors (Lipinski definition) is 3. The second-order valence-electron chi connectivity index (χ2n) is 9.79. The van der Waals surface area contributed by atoms with E-state index < -0.39 is 16.1 Å². The number of nitrogens with one attached hydrogen (secondary N) is 2. The number of nitrogens with zero attached hydrogens (tertiary/aromatic N) is 2. The van der Waals surface area contributed by atoms with E-state index >= 15 is 0 Å². The first kappa shape index (κ1) is 26.9. The van der Waals surface area contributed by atoms with Crippen LogP contribution in [0, 0.1) is 5.41 Å². The summed E-state index contributed by atoms with van der Waals surface area (Å²) in [6.07, 6.45) is 1.71. The average molecular weight is 564 g/mol. The predicted molar refractivity (Wildman–Crippen MR) is 152 cm³/mol. The molecule has 4 N–H and O–H groups in total. The van der Waals surface area contributed by atoms with Crippen molar-refractivity contribution < 1.29 is 17.7 Å². The van der Waals surface area contributed by atoms with Gasteiger partial charge in [0, 0.05) is 28.2 Å². The van der Waals surface area contributed by atoms with Gasteiger partial charge in [-0.05, 0) is 60.9 Å². The second kappa shape index (κ2) is 11.2. The topological polar surface area (TPSA) is 140 Å². The highest BCUT2D eigenvalue weighted by Gasteiger charge is 2.44. The van der Waals surface area contributed by atoms with Gasteiger partial charge in [-0.25, -0.2) is 8.42 Å². The maximum absolute atomic E-state index is 13.0. The highest BCUT2D eigenvalue weighted by molar-refractivity contribution is 7.98. The minimum Gasteiger partial charge on any atom is -0.337 e. The molecule has 9 nitrogen and oxygen atoms in total. The molecule has 0 spiro atoms. The molecule has 0 radical (unpaired) electrons. The van der Waals surface area contributed by atoms with Gasteiger partial charge in [0.1, 0.15) is 0 Å². The van der Waals surface area contributed by atoms with Crippen LogP contribution < -0.4 is 15.8 Å². The quantitative estimate of drug-likeness (QED) is 0.226. The van der Waals surface area contributed by atoms with Crippen molar-refractivity contribution in [3.05, 3.63) is 90.3 Å². The van der Waals surface area contributed by atoms with E-state index in [-0.39, 0.29) is 16.2 Å². The lowest BCUT2D eigenvalue weighted by Gasteiger charge is -2.12. The molecule has 1 aliphatic rings. The van der Waals surface area contributed by atoms with Crippen molar-refractivity contribution in [2.24, 2.45) is 11.1 Å². The Balaban J connectivity index is 1.19. The molecular weight excluding hydrogens is 534 g/mol. The lowest BCUT2D eigenvalue weighted by atomic mass is 10.1. The van der Waals surface area contributed by atoms with Gasteiger partial charge in [-0.1, -0.05) is 48.5 Å². The van der Waals surface area contributed by atoms with Crippen LogP contribution in [0.3, 0.4) is 0 Å². The Bertz CT molecular complexity index is 1550. The molecule has 0 saturated heterocycles. The lowest BCUT2D eigenvalue weighted by Crippen LogP contribution is -2.21. The summed E-state index contributed by atoms with van der Waals surface area (Å²) in [5, 5.41) is 6.87. The SMILES string of the molecule is CC1(C(=O)Nc2cccc(NS(=O)(=O)c3ccc(-c4noc(C(N)CSCc5ccccc5)n4)cc3)c2)CC1. The smallest absolute Gasteiger partial charge is 0.261 e. The second-order valence-corrected chi connectivity index (χ2v) is 12.5. The average Bonchev–Trinajstić information content (AvgIpc) is 3.49. The number of hydrogen-bond acceptors (Lipinski definition) is 8. The van der Waals surface area contributed by atoms with E-state index in [1.165, 1.54) is 17.7 Å². The Kier molecular flexibility index (Phi) is 7.74. The van der Waals surface area contributed by atoms with Crippen molar-refractivity contribution in [3.63, 3.8) is 0 Å². The zero-order valence-corrected chi connectivity index (χ0v) is 23.0. The molecule has 1 unspecified atom stereocenters. The Hall–Kier alpha value is -3.67. The maximum atomic E-state index is 13.0. The van der Waals surface area contributed by atoms with Crippen LogP contribution in [0.4, 0.5) is 11.4 Å². The fourth-order valence-corrected chi connectivity index (χ4v) is 5.80. The molecule has 5 rings (SSSR count).